The molecule has 1 aromatic carbocycles. The average Bonchev–Trinajstić information content (AvgIpc) is 2.32. The van der Waals surface area contributed by atoms with Crippen LogP contribution in [0.2, 0.25) is 0 Å². The molecule has 3 nitrogen and oxygen atoms in total. The van der Waals surface area contributed by atoms with Crippen molar-refractivity contribution < 1.29 is 17.6 Å². The molecule has 0 fully saturated rings. The standard InChI is InChI=1S/C12H11F4N3/c1-5-3-4-7(13)8-9(5)18-11(12(14,15)16)6(2)10(8)19-17/h3-4H,17H2,1-2H3,(H,18,19). The Balaban J connectivity index is 2.99. The van der Waals surface area contributed by atoms with Crippen molar-refractivity contribution in [3.8, 4) is 0 Å². The molecule has 0 saturated carbocycles. The molecule has 3 N–H and O–H groups in total. The molecule has 102 valence electrons. The van der Waals surface area contributed by atoms with Crippen LogP contribution in [0.15, 0.2) is 12.1 Å². The predicted octanol–water partition coefficient (Wildman–Crippen LogP) is 3.30. The van der Waals surface area contributed by atoms with Crippen molar-refractivity contribution in [2.45, 2.75) is 20.0 Å². The number of hydrogen-bond acceptors (Lipinski definition) is 3. The molecule has 2 aromatic rings. The smallest absolute Gasteiger partial charge is 0.323 e. The summed E-state index contributed by atoms with van der Waals surface area (Å²) in [6.45, 7) is 2.76. The van der Waals surface area contributed by atoms with Gasteiger partial charge in [-0.05, 0) is 25.5 Å². The van der Waals surface area contributed by atoms with Gasteiger partial charge in [0.15, 0.2) is 0 Å². The van der Waals surface area contributed by atoms with Gasteiger partial charge in [-0.15, -0.1) is 0 Å². The molecule has 0 aliphatic heterocycles. The zero-order chi connectivity index (χ0) is 14.4. The summed E-state index contributed by atoms with van der Waals surface area (Å²) in [5, 5.41) is -0.0343. The second-order valence-electron chi connectivity index (χ2n) is 4.19. The van der Waals surface area contributed by atoms with Gasteiger partial charge >= 0.3 is 6.18 Å². The first-order chi connectivity index (χ1) is 8.77. The van der Waals surface area contributed by atoms with E-state index in [1.807, 2.05) is 0 Å². The number of aryl methyl sites for hydroxylation is 1. The molecule has 2 rings (SSSR count). The summed E-state index contributed by atoms with van der Waals surface area (Å²) in [6, 6.07) is 2.55. The van der Waals surface area contributed by atoms with Crippen molar-refractivity contribution in [2.75, 3.05) is 5.43 Å². The highest BCUT2D eigenvalue weighted by atomic mass is 19.4. The van der Waals surface area contributed by atoms with Gasteiger partial charge in [0, 0.05) is 5.56 Å². The monoisotopic (exact) mass is 273 g/mol. The van der Waals surface area contributed by atoms with Gasteiger partial charge in [0.25, 0.3) is 0 Å². The van der Waals surface area contributed by atoms with Crippen LogP contribution in [0.1, 0.15) is 16.8 Å². The minimum absolute atomic E-state index is 0.0343. The number of halogens is 4. The molecule has 1 heterocycles. The van der Waals surface area contributed by atoms with Crippen LogP contribution in [0.5, 0.6) is 0 Å². The van der Waals surface area contributed by atoms with Crippen LogP contribution in [0.4, 0.5) is 23.2 Å². The Hall–Kier alpha value is -1.89. The van der Waals surface area contributed by atoms with Crippen LogP contribution in [0.3, 0.4) is 0 Å². The third-order valence-corrected chi connectivity index (χ3v) is 2.95. The molecule has 0 bridgehead atoms. The first kappa shape index (κ1) is 13.5. The number of fused-ring (bicyclic) bond motifs is 1. The summed E-state index contributed by atoms with van der Waals surface area (Å²) >= 11 is 0. The summed E-state index contributed by atoms with van der Waals surface area (Å²) in [7, 11) is 0. The Morgan fingerprint density at radius 2 is 1.84 bits per heavy atom. The molecule has 0 radical (unpaired) electrons. The van der Waals surface area contributed by atoms with Crippen LogP contribution >= 0.6 is 0 Å². The van der Waals surface area contributed by atoms with Crippen LogP contribution in [0, 0.1) is 19.7 Å². The van der Waals surface area contributed by atoms with E-state index in [1.165, 1.54) is 19.1 Å². The van der Waals surface area contributed by atoms with E-state index in [-0.39, 0.29) is 22.2 Å². The number of nitrogens with two attached hydrogens (primary N) is 1. The quantitative estimate of drug-likeness (QED) is 0.476. The lowest BCUT2D eigenvalue weighted by atomic mass is 10.0. The molecular formula is C12H11F4N3. The maximum atomic E-state index is 13.8. The maximum absolute atomic E-state index is 13.8. The number of anilines is 1. The Labute approximate surface area is 106 Å². The number of alkyl halides is 3. The topological polar surface area (TPSA) is 50.9 Å². The number of pyridine rings is 1. The largest absolute Gasteiger partial charge is 0.433 e. The number of nitrogens with one attached hydrogen (secondary N) is 1. The summed E-state index contributed by atoms with van der Waals surface area (Å²) in [4.78, 5) is 3.55. The van der Waals surface area contributed by atoms with E-state index in [4.69, 9.17) is 5.84 Å². The second kappa shape index (κ2) is 4.34. The minimum Gasteiger partial charge on any atom is -0.323 e. The SMILES string of the molecule is Cc1c(C(F)(F)F)nc2c(C)ccc(F)c2c1NN. The van der Waals surface area contributed by atoms with E-state index >= 15 is 0 Å². The lowest BCUT2D eigenvalue weighted by molar-refractivity contribution is -0.141. The van der Waals surface area contributed by atoms with Crippen molar-refractivity contribution in [1.82, 2.24) is 4.98 Å². The summed E-state index contributed by atoms with van der Waals surface area (Å²) in [6.07, 6.45) is -4.62. The van der Waals surface area contributed by atoms with Crippen LogP contribution in [-0.2, 0) is 6.18 Å². The fourth-order valence-corrected chi connectivity index (χ4v) is 2.01. The van der Waals surface area contributed by atoms with Gasteiger partial charge in [0.2, 0.25) is 0 Å². The van der Waals surface area contributed by atoms with Gasteiger partial charge in [0.1, 0.15) is 11.5 Å². The summed E-state index contributed by atoms with van der Waals surface area (Å²) in [5.41, 5.74) is 1.14. The highest BCUT2D eigenvalue weighted by molar-refractivity contribution is 5.95. The summed E-state index contributed by atoms with van der Waals surface area (Å²) in [5.74, 6) is 4.57. The van der Waals surface area contributed by atoms with Gasteiger partial charge in [0.05, 0.1) is 16.6 Å². The van der Waals surface area contributed by atoms with Gasteiger partial charge in [-0.25, -0.2) is 9.37 Å². The number of rotatable bonds is 1. The van der Waals surface area contributed by atoms with Crippen molar-refractivity contribution in [3.63, 3.8) is 0 Å². The molecule has 7 heteroatoms. The van der Waals surface area contributed by atoms with Gasteiger partial charge < -0.3 is 5.43 Å². The van der Waals surface area contributed by atoms with E-state index < -0.39 is 17.7 Å². The minimum atomic E-state index is -4.62. The van der Waals surface area contributed by atoms with E-state index in [0.29, 0.717) is 5.56 Å². The fourth-order valence-electron chi connectivity index (χ4n) is 2.01. The van der Waals surface area contributed by atoms with Crippen LogP contribution < -0.4 is 11.3 Å². The Morgan fingerprint density at radius 3 is 2.37 bits per heavy atom. The predicted molar refractivity (Wildman–Crippen MR) is 64.0 cm³/mol. The van der Waals surface area contributed by atoms with Crippen molar-refractivity contribution in [3.05, 3.63) is 34.8 Å². The third-order valence-electron chi connectivity index (χ3n) is 2.95. The fraction of sp³-hybridized carbons (Fsp3) is 0.250. The molecule has 0 saturated heterocycles. The lowest BCUT2D eigenvalue weighted by Gasteiger charge is -2.16. The average molecular weight is 273 g/mol. The molecule has 1 aromatic heterocycles. The van der Waals surface area contributed by atoms with Crippen molar-refractivity contribution in [2.24, 2.45) is 5.84 Å². The van der Waals surface area contributed by atoms with Gasteiger partial charge in [-0.2, -0.15) is 13.2 Å². The van der Waals surface area contributed by atoms with E-state index in [2.05, 4.69) is 10.4 Å². The van der Waals surface area contributed by atoms with Crippen molar-refractivity contribution >= 4 is 16.6 Å². The Kier molecular flexibility index (Phi) is 3.09. The summed E-state index contributed by atoms with van der Waals surface area (Å²) < 4.78 is 52.5. The number of benzene rings is 1. The van der Waals surface area contributed by atoms with Crippen LogP contribution in [-0.4, -0.2) is 4.98 Å². The molecule has 0 aliphatic carbocycles. The number of nitrogen functional groups attached to an aromatic ring is 1. The normalized spacial score (nSPS) is 11.9. The zero-order valence-electron chi connectivity index (χ0n) is 10.2. The highest BCUT2D eigenvalue weighted by Crippen LogP contribution is 2.38. The first-order valence-corrected chi connectivity index (χ1v) is 5.40. The number of nitrogens with zero attached hydrogens (tertiary/aromatic N) is 1. The first-order valence-electron chi connectivity index (χ1n) is 5.40. The highest BCUT2D eigenvalue weighted by Gasteiger charge is 2.36. The number of hydrazine groups is 1. The zero-order valence-corrected chi connectivity index (χ0v) is 10.2. The van der Waals surface area contributed by atoms with E-state index in [0.717, 1.165) is 0 Å². The lowest BCUT2D eigenvalue weighted by Crippen LogP contribution is -2.16. The maximum Gasteiger partial charge on any atom is 0.433 e. The van der Waals surface area contributed by atoms with Gasteiger partial charge in [-0.1, -0.05) is 6.07 Å². The second-order valence-corrected chi connectivity index (χ2v) is 4.19. The van der Waals surface area contributed by atoms with Gasteiger partial charge in [-0.3, -0.25) is 5.84 Å². The molecule has 0 unspecified atom stereocenters. The molecule has 0 aliphatic rings. The Bertz CT molecular complexity index is 650. The molecule has 0 amide bonds. The van der Waals surface area contributed by atoms with Crippen molar-refractivity contribution in [1.29, 1.82) is 0 Å². The Morgan fingerprint density at radius 1 is 1.21 bits per heavy atom. The van der Waals surface area contributed by atoms with E-state index in [9.17, 15) is 17.6 Å². The number of hydrogen-bond donors (Lipinski definition) is 2. The molecule has 0 spiro atoms. The van der Waals surface area contributed by atoms with Crippen LogP contribution in [0.25, 0.3) is 10.9 Å². The molecular weight excluding hydrogens is 262 g/mol. The number of aromatic nitrogens is 1. The third kappa shape index (κ3) is 2.10. The van der Waals surface area contributed by atoms with E-state index in [1.54, 1.807) is 6.92 Å². The molecule has 19 heavy (non-hydrogen) atoms. The molecule has 0 atom stereocenters.